The van der Waals surface area contributed by atoms with Crippen LogP contribution >= 0.6 is 0 Å². The molecule has 0 atom stereocenters. The highest BCUT2D eigenvalue weighted by Crippen LogP contribution is 2.10. The molecule has 0 aromatic carbocycles. The van der Waals surface area contributed by atoms with Gasteiger partial charge in [0.05, 0.1) is 5.39 Å². The number of H-pyrrole nitrogens is 2. The number of hydrogen-bond donors (Lipinski definition) is 2. The van der Waals surface area contributed by atoms with Crippen LogP contribution in [0.25, 0.3) is 11.0 Å². The Kier molecular flexibility index (Phi) is 1.30. The lowest BCUT2D eigenvalue weighted by Crippen LogP contribution is -1.99. The smallest absolute Gasteiger partial charge is 0.273 e. The quantitative estimate of drug-likeness (QED) is 0.605. The molecule has 0 fully saturated rings. The normalized spacial score (nSPS) is 10.8. The van der Waals surface area contributed by atoms with Crippen LogP contribution in [0.1, 0.15) is 11.3 Å². The molecule has 2 N–H and O–H groups in total. The van der Waals surface area contributed by atoms with Crippen LogP contribution in [0.15, 0.2) is 10.9 Å². The van der Waals surface area contributed by atoms with Crippen LogP contribution in [0.2, 0.25) is 0 Å². The van der Waals surface area contributed by atoms with Gasteiger partial charge < -0.3 is 0 Å². The van der Waals surface area contributed by atoms with Gasteiger partial charge in [-0.25, -0.2) is 4.98 Å². The Morgan fingerprint density at radius 3 is 2.83 bits per heavy atom. The number of fused-ring (bicyclic) bond motifs is 1. The second-order valence-electron chi connectivity index (χ2n) is 2.88. The van der Waals surface area contributed by atoms with Crippen molar-refractivity contribution >= 4 is 11.0 Å². The lowest BCUT2D eigenvalue weighted by molar-refractivity contribution is 1.06. The lowest BCUT2D eigenvalue weighted by Gasteiger charge is -1.94. The highest BCUT2D eigenvalue weighted by atomic mass is 16.1. The molecular weight excluding hydrogens is 154 g/mol. The Labute approximate surface area is 68.6 Å². The standard InChI is InChI=1S/C8H9N3O/c1-4-3-5(2)9-7-6(4)8(12)11-10-7/h3H,1-2H3,(H2,9,10,11,12). The van der Waals surface area contributed by atoms with Crippen molar-refractivity contribution in [2.75, 3.05) is 0 Å². The molecule has 2 heterocycles. The lowest BCUT2D eigenvalue weighted by atomic mass is 10.2. The van der Waals surface area contributed by atoms with E-state index in [1.807, 2.05) is 19.9 Å². The fourth-order valence-electron chi connectivity index (χ4n) is 1.39. The van der Waals surface area contributed by atoms with Gasteiger partial charge in [0.25, 0.3) is 5.56 Å². The Hall–Kier alpha value is -1.58. The molecular formula is C8H9N3O. The van der Waals surface area contributed by atoms with E-state index in [0.29, 0.717) is 11.0 Å². The number of pyridine rings is 1. The van der Waals surface area contributed by atoms with Crippen LogP contribution < -0.4 is 5.56 Å². The molecule has 4 nitrogen and oxygen atoms in total. The van der Waals surface area contributed by atoms with E-state index in [4.69, 9.17) is 0 Å². The van der Waals surface area contributed by atoms with E-state index in [0.717, 1.165) is 11.3 Å². The van der Waals surface area contributed by atoms with Crippen LogP contribution in [0.3, 0.4) is 0 Å². The van der Waals surface area contributed by atoms with Gasteiger partial charge >= 0.3 is 0 Å². The number of aromatic amines is 2. The number of nitrogens with one attached hydrogen (secondary N) is 2. The van der Waals surface area contributed by atoms with Gasteiger partial charge in [-0.05, 0) is 25.5 Å². The molecule has 0 bridgehead atoms. The zero-order valence-corrected chi connectivity index (χ0v) is 6.93. The van der Waals surface area contributed by atoms with E-state index < -0.39 is 0 Å². The third-order valence-corrected chi connectivity index (χ3v) is 1.87. The van der Waals surface area contributed by atoms with Crippen molar-refractivity contribution in [1.29, 1.82) is 0 Å². The maximum Gasteiger partial charge on any atom is 0.273 e. The minimum Gasteiger partial charge on any atom is -0.281 e. The van der Waals surface area contributed by atoms with Gasteiger partial charge in [-0.2, -0.15) is 0 Å². The zero-order valence-electron chi connectivity index (χ0n) is 6.93. The van der Waals surface area contributed by atoms with Gasteiger partial charge in [-0.15, -0.1) is 0 Å². The van der Waals surface area contributed by atoms with E-state index in [2.05, 4.69) is 15.2 Å². The van der Waals surface area contributed by atoms with Gasteiger partial charge in [0.1, 0.15) is 0 Å². The van der Waals surface area contributed by atoms with Crippen LogP contribution in [0, 0.1) is 13.8 Å². The second kappa shape index (κ2) is 2.20. The first-order valence-electron chi connectivity index (χ1n) is 3.73. The van der Waals surface area contributed by atoms with Crippen molar-refractivity contribution in [2.45, 2.75) is 13.8 Å². The van der Waals surface area contributed by atoms with E-state index in [1.54, 1.807) is 0 Å². The van der Waals surface area contributed by atoms with Crippen molar-refractivity contribution in [2.24, 2.45) is 0 Å². The Morgan fingerprint density at radius 2 is 2.08 bits per heavy atom. The molecule has 2 rings (SSSR count). The van der Waals surface area contributed by atoms with Crippen LogP contribution in [-0.4, -0.2) is 15.2 Å². The summed E-state index contributed by atoms with van der Waals surface area (Å²) >= 11 is 0. The monoisotopic (exact) mass is 163 g/mol. The van der Waals surface area contributed by atoms with Gasteiger partial charge in [0, 0.05) is 5.69 Å². The highest BCUT2D eigenvalue weighted by Gasteiger charge is 2.04. The van der Waals surface area contributed by atoms with E-state index >= 15 is 0 Å². The summed E-state index contributed by atoms with van der Waals surface area (Å²) < 4.78 is 0. The minimum atomic E-state index is -0.102. The Balaban J connectivity index is 3.03. The molecule has 0 aliphatic rings. The Morgan fingerprint density at radius 1 is 1.33 bits per heavy atom. The third-order valence-electron chi connectivity index (χ3n) is 1.87. The molecule has 0 unspecified atom stereocenters. The van der Waals surface area contributed by atoms with Gasteiger partial charge in [-0.3, -0.25) is 15.0 Å². The fraction of sp³-hybridized carbons (Fsp3) is 0.250. The number of rotatable bonds is 0. The topological polar surface area (TPSA) is 61.5 Å². The molecule has 2 aromatic heterocycles. The summed E-state index contributed by atoms with van der Waals surface area (Å²) in [5.41, 5.74) is 2.41. The Bertz CT molecular complexity index is 480. The fourth-order valence-corrected chi connectivity index (χ4v) is 1.39. The van der Waals surface area contributed by atoms with Crippen molar-refractivity contribution in [3.63, 3.8) is 0 Å². The predicted octanol–water partition coefficient (Wildman–Crippen LogP) is 0.868. The maximum atomic E-state index is 11.2. The molecule has 0 spiro atoms. The first kappa shape index (κ1) is 7.09. The zero-order chi connectivity index (χ0) is 8.72. The van der Waals surface area contributed by atoms with Crippen LogP contribution in [0.5, 0.6) is 0 Å². The number of hydrogen-bond acceptors (Lipinski definition) is 2. The molecule has 0 saturated carbocycles. The van der Waals surface area contributed by atoms with Gasteiger partial charge in [0.15, 0.2) is 5.65 Å². The molecule has 0 saturated heterocycles. The summed E-state index contributed by atoms with van der Waals surface area (Å²) in [7, 11) is 0. The van der Waals surface area contributed by atoms with Crippen LogP contribution in [-0.2, 0) is 0 Å². The largest absolute Gasteiger partial charge is 0.281 e. The number of nitrogens with zero attached hydrogens (tertiary/aromatic N) is 1. The van der Waals surface area contributed by atoms with Gasteiger partial charge in [-0.1, -0.05) is 0 Å². The van der Waals surface area contributed by atoms with Crippen molar-refractivity contribution in [1.82, 2.24) is 15.2 Å². The van der Waals surface area contributed by atoms with Crippen molar-refractivity contribution in [3.8, 4) is 0 Å². The van der Waals surface area contributed by atoms with Crippen LogP contribution in [0.4, 0.5) is 0 Å². The minimum absolute atomic E-state index is 0.102. The number of aromatic nitrogens is 3. The average molecular weight is 163 g/mol. The number of aryl methyl sites for hydroxylation is 2. The van der Waals surface area contributed by atoms with Crippen molar-refractivity contribution < 1.29 is 0 Å². The van der Waals surface area contributed by atoms with E-state index in [-0.39, 0.29) is 5.56 Å². The van der Waals surface area contributed by atoms with E-state index in [1.165, 1.54) is 0 Å². The molecule has 0 amide bonds. The SMILES string of the molecule is Cc1cc(C)c2c(=O)[nH][nH]c2n1. The molecule has 0 radical (unpaired) electrons. The first-order valence-corrected chi connectivity index (χ1v) is 3.73. The van der Waals surface area contributed by atoms with E-state index in [9.17, 15) is 4.79 Å². The molecule has 0 aliphatic heterocycles. The maximum absolute atomic E-state index is 11.2. The second-order valence-corrected chi connectivity index (χ2v) is 2.88. The summed E-state index contributed by atoms with van der Waals surface area (Å²) in [4.78, 5) is 15.4. The first-order chi connectivity index (χ1) is 5.68. The highest BCUT2D eigenvalue weighted by molar-refractivity contribution is 5.77. The predicted molar refractivity (Wildman–Crippen MR) is 46.2 cm³/mol. The summed E-state index contributed by atoms with van der Waals surface area (Å²) in [6.45, 7) is 3.80. The molecule has 12 heavy (non-hydrogen) atoms. The average Bonchev–Trinajstić information content (AvgIpc) is 2.31. The summed E-state index contributed by atoms with van der Waals surface area (Å²) in [5.74, 6) is 0. The van der Waals surface area contributed by atoms with Gasteiger partial charge in [0.2, 0.25) is 0 Å². The molecule has 62 valence electrons. The molecule has 2 aromatic rings. The summed E-state index contributed by atoms with van der Waals surface area (Å²) in [5, 5.41) is 5.88. The third kappa shape index (κ3) is 0.845. The summed E-state index contributed by atoms with van der Waals surface area (Å²) in [6.07, 6.45) is 0. The molecule has 4 heteroatoms. The van der Waals surface area contributed by atoms with Crippen molar-refractivity contribution in [3.05, 3.63) is 27.7 Å². The summed E-state index contributed by atoms with van der Waals surface area (Å²) in [6, 6.07) is 1.89. The molecule has 0 aliphatic carbocycles.